The summed E-state index contributed by atoms with van der Waals surface area (Å²) in [5, 5.41) is 29.4. The van der Waals surface area contributed by atoms with Crippen LogP contribution in [-0.4, -0.2) is 48.2 Å². The van der Waals surface area contributed by atoms with Crippen LogP contribution in [0.25, 0.3) is 11.2 Å². The van der Waals surface area contributed by atoms with E-state index in [4.69, 9.17) is 4.74 Å². The summed E-state index contributed by atoms with van der Waals surface area (Å²) in [5.41, 5.74) is -0.149. The predicted octanol–water partition coefficient (Wildman–Crippen LogP) is 0.414. The Balaban J connectivity index is 2.06. The maximum absolute atomic E-state index is 10.2. The zero-order valence-corrected chi connectivity index (χ0v) is 11.3. The highest BCUT2D eigenvalue weighted by atomic mass is 16.6. The van der Waals surface area contributed by atoms with Crippen molar-refractivity contribution in [3.8, 4) is 5.75 Å². The van der Waals surface area contributed by atoms with Crippen LogP contribution < -0.4 is 0 Å². The molecule has 108 valence electrons. The number of hydrogen-bond donors (Lipinski definition) is 3. The van der Waals surface area contributed by atoms with E-state index in [2.05, 4.69) is 9.97 Å². The van der Waals surface area contributed by atoms with Gasteiger partial charge in [0, 0.05) is 18.2 Å². The number of pyridine rings is 1. The van der Waals surface area contributed by atoms with Crippen molar-refractivity contribution in [2.45, 2.75) is 31.8 Å². The van der Waals surface area contributed by atoms with Crippen molar-refractivity contribution in [3.63, 3.8) is 0 Å². The third-order valence-electron chi connectivity index (χ3n) is 3.99. The summed E-state index contributed by atoms with van der Waals surface area (Å²) < 4.78 is 7.49. The summed E-state index contributed by atoms with van der Waals surface area (Å²) in [6, 6.07) is 1.46. The maximum atomic E-state index is 10.2. The second-order valence-corrected chi connectivity index (χ2v) is 5.44. The van der Waals surface area contributed by atoms with E-state index in [-0.39, 0.29) is 18.3 Å². The number of nitrogens with zero attached hydrogens (tertiary/aromatic N) is 3. The van der Waals surface area contributed by atoms with Crippen LogP contribution in [0.5, 0.6) is 5.75 Å². The van der Waals surface area contributed by atoms with Crippen molar-refractivity contribution in [1.29, 1.82) is 0 Å². The lowest BCUT2D eigenvalue weighted by molar-refractivity contribution is -0.115. The number of rotatable bonds is 2. The van der Waals surface area contributed by atoms with Crippen molar-refractivity contribution in [2.24, 2.45) is 5.92 Å². The fourth-order valence-corrected chi connectivity index (χ4v) is 2.71. The lowest BCUT2D eigenvalue weighted by Crippen LogP contribution is -2.41. The lowest BCUT2D eigenvalue weighted by atomic mass is 9.93. The van der Waals surface area contributed by atoms with Gasteiger partial charge in [0.05, 0.1) is 19.0 Å². The molecule has 20 heavy (non-hydrogen) atoms. The van der Waals surface area contributed by atoms with Gasteiger partial charge in [0.15, 0.2) is 5.65 Å². The van der Waals surface area contributed by atoms with Gasteiger partial charge in [-0.15, -0.1) is 0 Å². The van der Waals surface area contributed by atoms with Crippen molar-refractivity contribution in [2.75, 3.05) is 6.61 Å². The van der Waals surface area contributed by atoms with Gasteiger partial charge in [0.2, 0.25) is 0 Å². The Hall–Kier alpha value is -1.70. The Labute approximate surface area is 115 Å². The standard InChI is InChI=1S/C13H17N3O4/c1-7-10(19)13(2,5-17)20-12(7)16-6-15-9-8(18)3-4-14-11(9)16/h3-4,6-7,10,12,17,19H,5H2,1-2H3,(H,14,18)/t7-,10-,12+,13+/m0/s1. The smallest absolute Gasteiger partial charge is 0.165 e. The van der Waals surface area contributed by atoms with Crippen LogP contribution in [0.3, 0.4) is 0 Å². The SMILES string of the molecule is C[C@@H]1[C@H](n2cnc3c(O)ccnc32)O[C@](C)(CO)[C@H]1O. The molecule has 0 saturated carbocycles. The van der Waals surface area contributed by atoms with Crippen LogP contribution in [0, 0.1) is 5.92 Å². The summed E-state index contributed by atoms with van der Waals surface area (Å²) in [5.74, 6) is -0.196. The first-order valence-corrected chi connectivity index (χ1v) is 6.45. The molecule has 2 aromatic rings. The predicted molar refractivity (Wildman–Crippen MR) is 70.0 cm³/mol. The van der Waals surface area contributed by atoms with Gasteiger partial charge in [-0.25, -0.2) is 9.97 Å². The molecule has 0 amide bonds. The van der Waals surface area contributed by atoms with Gasteiger partial charge < -0.3 is 20.1 Å². The zero-order chi connectivity index (χ0) is 14.5. The quantitative estimate of drug-likeness (QED) is 0.736. The van der Waals surface area contributed by atoms with Gasteiger partial charge in [0.1, 0.15) is 23.1 Å². The maximum Gasteiger partial charge on any atom is 0.165 e. The molecule has 0 bridgehead atoms. The first-order chi connectivity index (χ1) is 9.48. The molecule has 7 heteroatoms. The molecule has 4 atom stereocenters. The minimum atomic E-state index is -1.02. The highest BCUT2D eigenvalue weighted by Gasteiger charge is 2.50. The second-order valence-electron chi connectivity index (χ2n) is 5.44. The van der Waals surface area contributed by atoms with Gasteiger partial charge in [-0.3, -0.25) is 4.57 Å². The normalized spacial score (nSPS) is 33.9. The Morgan fingerprint density at radius 2 is 2.20 bits per heavy atom. The van der Waals surface area contributed by atoms with Gasteiger partial charge >= 0.3 is 0 Å². The van der Waals surface area contributed by atoms with Crippen molar-refractivity contribution in [3.05, 3.63) is 18.6 Å². The molecule has 3 heterocycles. The second kappa shape index (κ2) is 4.41. The summed E-state index contributed by atoms with van der Waals surface area (Å²) >= 11 is 0. The zero-order valence-electron chi connectivity index (χ0n) is 11.3. The molecular weight excluding hydrogens is 262 g/mol. The molecule has 0 aromatic carbocycles. The molecule has 0 radical (unpaired) electrons. The summed E-state index contributed by atoms with van der Waals surface area (Å²) in [6.07, 6.45) is 1.71. The van der Waals surface area contributed by atoms with Gasteiger partial charge in [0.25, 0.3) is 0 Å². The molecule has 2 aromatic heterocycles. The Morgan fingerprint density at radius 3 is 2.85 bits per heavy atom. The fourth-order valence-electron chi connectivity index (χ4n) is 2.71. The Morgan fingerprint density at radius 1 is 1.45 bits per heavy atom. The van der Waals surface area contributed by atoms with E-state index in [0.29, 0.717) is 11.2 Å². The van der Waals surface area contributed by atoms with E-state index in [1.54, 1.807) is 11.5 Å². The van der Waals surface area contributed by atoms with Crippen molar-refractivity contribution < 1.29 is 20.1 Å². The number of imidazole rings is 1. The lowest BCUT2D eigenvalue weighted by Gasteiger charge is -2.25. The van der Waals surface area contributed by atoms with Crippen LogP contribution in [0.2, 0.25) is 0 Å². The third kappa shape index (κ3) is 1.71. The average Bonchev–Trinajstić information content (AvgIpc) is 2.96. The highest BCUT2D eigenvalue weighted by molar-refractivity contribution is 5.77. The average molecular weight is 279 g/mol. The van der Waals surface area contributed by atoms with E-state index in [1.165, 1.54) is 18.6 Å². The van der Waals surface area contributed by atoms with E-state index in [1.807, 2.05) is 6.92 Å². The minimum Gasteiger partial charge on any atom is -0.505 e. The summed E-state index contributed by atoms with van der Waals surface area (Å²) in [7, 11) is 0. The van der Waals surface area contributed by atoms with Gasteiger partial charge in [-0.05, 0) is 6.92 Å². The first kappa shape index (κ1) is 13.3. The number of aliphatic hydroxyl groups is 2. The van der Waals surface area contributed by atoms with Crippen LogP contribution >= 0.6 is 0 Å². The van der Waals surface area contributed by atoms with E-state index < -0.39 is 17.9 Å². The molecule has 0 unspecified atom stereocenters. The van der Waals surface area contributed by atoms with Crippen LogP contribution in [0.15, 0.2) is 18.6 Å². The van der Waals surface area contributed by atoms with E-state index in [9.17, 15) is 15.3 Å². The molecule has 0 spiro atoms. The molecule has 7 nitrogen and oxygen atoms in total. The monoisotopic (exact) mass is 279 g/mol. The largest absolute Gasteiger partial charge is 0.505 e. The molecular formula is C13H17N3O4. The summed E-state index contributed by atoms with van der Waals surface area (Å²) in [6.45, 7) is 3.23. The van der Waals surface area contributed by atoms with E-state index in [0.717, 1.165) is 0 Å². The first-order valence-electron chi connectivity index (χ1n) is 6.45. The fraction of sp³-hybridized carbons (Fsp3) is 0.538. The molecule has 1 aliphatic heterocycles. The van der Waals surface area contributed by atoms with Crippen LogP contribution in [0.1, 0.15) is 20.1 Å². The van der Waals surface area contributed by atoms with Crippen molar-refractivity contribution in [1.82, 2.24) is 14.5 Å². The number of aliphatic hydroxyl groups excluding tert-OH is 2. The molecule has 1 fully saturated rings. The summed E-state index contributed by atoms with van der Waals surface area (Å²) in [4.78, 5) is 8.32. The topological polar surface area (TPSA) is 101 Å². The number of fused-ring (bicyclic) bond motifs is 1. The molecule has 3 rings (SSSR count). The molecule has 1 aliphatic rings. The Bertz CT molecular complexity index is 644. The number of aromatic nitrogens is 3. The van der Waals surface area contributed by atoms with Gasteiger partial charge in [-0.1, -0.05) is 6.92 Å². The third-order valence-corrected chi connectivity index (χ3v) is 3.99. The number of hydrogen-bond acceptors (Lipinski definition) is 6. The van der Waals surface area contributed by atoms with Crippen LogP contribution in [-0.2, 0) is 4.74 Å². The van der Waals surface area contributed by atoms with Crippen LogP contribution in [0.4, 0.5) is 0 Å². The Kier molecular flexibility index (Phi) is 2.93. The molecule has 3 N–H and O–H groups in total. The number of aromatic hydroxyl groups is 1. The van der Waals surface area contributed by atoms with Gasteiger partial charge in [-0.2, -0.15) is 0 Å². The molecule has 0 aliphatic carbocycles. The molecule has 1 saturated heterocycles. The van der Waals surface area contributed by atoms with Crippen molar-refractivity contribution >= 4 is 11.2 Å². The minimum absolute atomic E-state index is 0.0462. The van der Waals surface area contributed by atoms with E-state index >= 15 is 0 Å². The number of ether oxygens (including phenoxy) is 1. The highest BCUT2D eigenvalue weighted by Crippen LogP contribution is 2.42.